The summed E-state index contributed by atoms with van der Waals surface area (Å²) in [4.78, 5) is 3.83. The van der Waals surface area contributed by atoms with Crippen LogP contribution in [0.1, 0.15) is 19.4 Å². The van der Waals surface area contributed by atoms with Crippen molar-refractivity contribution in [2.75, 3.05) is 0 Å². The minimum absolute atomic E-state index is 0.634. The Morgan fingerprint density at radius 2 is 2.36 bits per heavy atom. The summed E-state index contributed by atoms with van der Waals surface area (Å²) in [6.45, 7) is 3.56. The second-order valence-corrected chi connectivity index (χ2v) is 3.28. The molecule has 1 rings (SSSR count). The Kier molecular flexibility index (Phi) is 2.25. The molecule has 0 unspecified atom stereocenters. The minimum atomic E-state index is -0.650. The fourth-order valence-electron chi connectivity index (χ4n) is 0.955. The van der Waals surface area contributed by atoms with Crippen LogP contribution in [0.5, 0.6) is 0 Å². The van der Waals surface area contributed by atoms with Crippen LogP contribution in [0.4, 0.5) is 0 Å². The minimum Gasteiger partial charge on any atom is -0.390 e. The Hall–Kier alpha value is -0.890. The van der Waals surface area contributed by atoms with Gasteiger partial charge in [-0.05, 0) is 25.5 Å². The number of aliphatic hydroxyl groups is 1. The Bertz CT molecular complexity index is 213. The molecule has 11 heavy (non-hydrogen) atoms. The molecule has 0 bridgehead atoms. The number of hydrogen-bond acceptors (Lipinski definition) is 2. The molecule has 1 aromatic rings. The number of nitrogens with zero attached hydrogens (tertiary/aromatic N) is 1. The van der Waals surface area contributed by atoms with Gasteiger partial charge in [0.25, 0.3) is 0 Å². The van der Waals surface area contributed by atoms with Crippen LogP contribution in [0.3, 0.4) is 0 Å². The van der Waals surface area contributed by atoms with Gasteiger partial charge >= 0.3 is 0 Å². The van der Waals surface area contributed by atoms with Gasteiger partial charge in [-0.25, -0.2) is 0 Å². The second kappa shape index (κ2) is 3.01. The molecule has 1 heterocycles. The topological polar surface area (TPSA) is 33.1 Å². The average Bonchev–Trinajstić information content (AvgIpc) is 1.85. The molecule has 0 aliphatic heterocycles. The second-order valence-electron chi connectivity index (χ2n) is 3.28. The lowest BCUT2D eigenvalue weighted by Crippen LogP contribution is -2.21. The van der Waals surface area contributed by atoms with E-state index in [1.165, 1.54) is 0 Å². The van der Waals surface area contributed by atoms with Crippen LogP contribution < -0.4 is 0 Å². The molecule has 0 saturated carbocycles. The van der Waals surface area contributed by atoms with E-state index in [1.807, 2.05) is 6.07 Å². The molecule has 0 aliphatic rings. The Balaban J connectivity index is 2.66. The quantitative estimate of drug-likeness (QED) is 0.687. The van der Waals surface area contributed by atoms with Gasteiger partial charge in [-0.3, -0.25) is 4.98 Å². The van der Waals surface area contributed by atoms with Gasteiger partial charge in [-0.2, -0.15) is 0 Å². The van der Waals surface area contributed by atoms with Crippen molar-refractivity contribution in [2.24, 2.45) is 0 Å². The van der Waals surface area contributed by atoms with E-state index in [0.717, 1.165) is 5.56 Å². The first kappa shape index (κ1) is 8.21. The molecule has 2 heteroatoms. The van der Waals surface area contributed by atoms with Gasteiger partial charge in [-0.15, -0.1) is 0 Å². The van der Waals surface area contributed by atoms with Crippen LogP contribution in [-0.2, 0) is 6.42 Å². The number of rotatable bonds is 2. The lowest BCUT2D eigenvalue weighted by Gasteiger charge is -2.15. The van der Waals surface area contributed by atoms with Crippen LogP contribution in [0.15, 0.2) is 18.3 Å². The highest BCUT2D eigenvalue weighted by Gasteiger charge is 2.12. The van der Waals surface area contributed by atoms with E-state index in [2.05, 4.69) is 11.2 Å². The highest BCUT2D eigenvalue weighted by atomic mass is 16.3. The molecule has 0 atom stereocenters. The first-order valence-corrected chi connectivity index (χ1v) is 3.61. The molecular formula is C9H12NO. The van der Waals surface area contributed by atoms with E-state index >= 15 is 0 Å². The molecule has 0 fully saturated rings. The summed E-state index contributed by atoms with van der Waals surface area (Å²) >= 11 is 0. The fraction of sp³-hybridized carbons (Fsp3) is 0.444. The molecule has 0 aromatic carbocycles. The molecule has 0 saturated heterocycles. The van der Waals surface area contributed by atoms with Gasteiger partial charge in [0.15, 0.2) is 0 Å². The monoisotopic (exact) mass is 150 g/mol. The van der Waals surface area contributed by atoms with E-state index in [1.54, 1.807) is 26.1 Å². The third-order valence-electron chi connectivity index (χ3n) is 1.31. The summed E-state index contributed by atoms with van der Waals surface area (Å²) in [6, 6.07) is 3.66. The van der Waals surface area contributed by atoms with Gasteiger partial charge in [-0.1, -0.05) is 6.07 Å². The van der Waals surface area contributed by atoms with Crippen LogP contribution in [0.2, 0.25) is 0 Å². The fourth-order valence-corrected chi connectivity index (χ4v) is 0.955. The van der Waals surface area contributed by atoms with E-state index in [9.17, 15) is 5.11 Å². The average molecular weight is 150 g/mol. The summed E-state index contributed by atoms with van der Waals surface area (Å²) in [7, 11) is 0. The van der Waals surface area contributed by atoms with Crippen molar-refractivity contribution in [2.45, 2.75) is 25.9 Å². The Morgan fingerprint density at radius 3 is 2.82 bits per heavy atom. The van der Waals surface area contributed by atoms with E-state index in [-0.39, 0.29) is 0 Å². The van der Waals surface area contributed by atoms with Gasteiger partial charge in [0.1, 0.15) is 0 Å². The molecule has 2 nitrogen and oxygen atoms in total. The summed E-state index contributed by atoms with van der Waals surface area (Å²) in [5, 5.41) is 9.43. The van der Waals surface area contributed by atoms with Crippen LogP contribution in [0, 0.1) is 6.20 Å². The van der Waals surface area contributed by atoms with Gasteiger partial charge < -0.3 is 5.11 Å². The normalized spacial score (nSPS) is 11.5. The summed E-state index contributed by atoms with van der Waals surface area (Å²) in [5.74, 6) is 0. The molecular weight excluding hydrogens is 138 g/mol. The predicted molar refractivity (Wildman–Crippen MR) is 43.1 cm³/mol. The maximum atomic E-state index is 9.43. The van der Waals surface area contributed by atoms with Crippen molar-refractivity contribution in [1.29, 1.82) is 0 Å². The van der Waals surface area contributed by atoms with Gasteiger partial charge in [0.2, 0.25) is 0 Å². The maximum Gasteiger partial charge on any atom is 0.0886 e. The van der Waals surface area contributed by atoms with Gasteiger partial charge in [0.05, 0.1) is 11.8 Å². The Morgan fingerprint density at radius 1 is 1.64 bits per heavy atom. The largest absolute Gasteiger partial charge is 0.390 e. The molecule has 0 aliphatic carbocycles. The summed E-state index contributed by atoms with van der Waals surface area (Å²) in [5.41, 5.74) is 0.388. The number of aromatic nitrogens is 1. The van der Waals surface area contributed by atoms with Crippen molar-refractivity contribution < 1.29 is 5.11 Å². The highest BCUT2D eigenvalue weighted by molar-refractivity contribution is 5.10. The predicted octanol–water partition coefficient (Wildman–Crippen LogP) is 1.20. The molecule has 1 radical (unpaired) electrons. The Labute approximate surface area is 66.9 Å². The number of hydrogen-bond donors (Lipinski definition) is 1. The molecule has 59 valence electrons. The molecule has 0 amide bonds. The summed E-state index contributed by atoms with van der Waals surface area (Å²) in [6.07, 6.45) is 5.04. The zero-order valence-electron chi connectivity index (χ0n) is 6.83. The standard InChI is InChI=1S/C9H12NO/c1-9(2,11)6-8-4-3-5-10-7-8/h3-4,7,11H,6H2,1-2H3. The van der Waals surface area contributed by atoms with Crippen molar-refractivity contribution in [3.63, 3.8) is 0 Å². The van der Waals surface area contributed by atoms with Crippen molar-refractivity contribution in [3.05, 3.63) is 30.1 Å². The first-order chi connectivity index (χ1) is 5.08. The maximum absolute atomic E-state index is 9.43. The van der Waals surface area contributed by atoms with Crippen LogP contribution >= 0.6 is 0 Å². The van der Waals surface area contributed by atoms with Crippen molar-refractivity contribution in [1.82, 2.24) is 4.98 Å². The summed E-state index contributed by atoms with van der Waals surface area (Å²) < 4.78 is 0. The first-order valence-electron chi connectivity index (χ1n) is 3.61. The van der Waals surface area contributed by atoms with Crippen LogP contribution in [-0.4, -0.2) is 15.7 Å². The van der Waals surface area contributed by atoms with Crippen molar-refractivity contribution >= 4 is 0 Å². The van der Waals surface area contributed by atoms with Crippen molar-refractivity contribution in [3.8, 4) is 0 Å². The molecule has 1 N–H and O–H groups in total. The lowest BCUT2D eigenvalue weighted by atomic mass is 10.0. The van der Waals surface area contributed by atoms with E-state index in [4.69, 9.17) is 0 Å². The van der Waals surface area contributed by atoms with Crippen LogP contribution in [0.25, 0.3) is 0 Å². The zero-order chi connectivity index (χ0) is 8.32. The van der Waals surface area contributed by atoms with E-state index < -0.39 is 5.60 Å². The van der Waals surface area contributed by atoms with E-state index in [0.29, 0.717) is 6.42 Å². The highest BCUT2D eigenvalue weighted by Crippen LogP contribution is 2.09. The SMILES string of the molecule is CC(C)(O)Cc1cc[c]nc1. The number of pyridine rings is 1. The molecule has 1 aromatic heterocycles. The third kappa shape index (κ3) is 3.14. The zero-order valence-corrected chi connectivity index (χ0v) is 6.83. The van der Waals surface area contributed by atoms with Gasteiger partial charge in [0, 0.05) is 12.6 Å². The smallest absolute Gasteiger partial charge is 0.0886 e. The molecule has 0 spiro atoms. The third-order valence-corrected chi connectivity index (χ3v) is 1.31. The lowest BCUT2D eigenvalue weighted by molar-refractivity contribution is 0.0809.